The Morgan fingerprint density at radius 2 is 1.39 bits per heavy atom. The van der Waals surface area contributed by atoms with E-state index in [1.165, 1.54) is 0 Å². The van der Waals surface area contributed by atoms with Crippen LogP contribution in [0.25, 0.3) is 0 Å². The number of unbranched alkanes of at least 4 members (excludes halogenated alkanes) is 2. The number of rotatable bonds is 4. The first-order valence-corrected chi connectivity index (χ1v) is 14.3. The van der Waals surface area contributed by atoms with Crippen molar-refractivity contribution in [2.24, 2.45) is 11.8 Å². The molecule has 0 fully saturated rings. The molecule has 0 unspecified atom stereocenters. The summed E-state index contributed by atoms with van der Waals surface area (Å²) in [4.78, 5) is 27.2. The Balaban J connectivity index is 0.000000246. The summed E-state index contributed by atoms with van der Waals surface area (Å²) in [5.41, 5.74) is 2.42. The summed E-state index contributed by atoms with van der Waals surface area (Å²) in [6.45, 7) is 4.95. The molecule has 2 heterocycles. The fourth-order valence-electron chi connectivity index (χ4n) is 3.84. The summed E-state index contributed by atoms with van der Waals surface area (Å²) in [6.07, 6.45) is 7.62. The zero-order chi connectivity index (χ0) is 30.4. The van der Waals surface area contributed by atoms with E-state index in [1.807, 2.05) is 50.2 Å². The van der Waals surface area contributed by atoms with E-state index in [1.54, 1.807) is 23.9 Å². The van der Waals surface area contributed by atoms with Gasteiger partial charge in [-0.25, -0.2) is 0 Å². The van der Waals surface area contributed by atoms with Crippen LogP contribution in [0.5, 0.6) is 11.5 Å². The van der Waals surface area contributed by atoms with Crippen molar-refractivity contribution in [2.45, 2.75) is 39.5 Å². The number of nitrogens with zero attached hydrogens (tertiary/aromatic N) is 2. The molecule has 9 heteroatoms. The second-order valence-electron chi connectivity index (χ2n) is 9.67. The van der Waals surface area contributed by atoms with Gasteiger partial charge in [0.05, 0.1) is 36.4 Å². The number of halogens is 1. The minimum Gasteiger partial charge on any atom is -0.491 e. The second-order valence-corrected chi connectivity index (χ2v) is 10.6. The molecule has 0 saturated carbocycles. The minimum atomic E-state index is -0.147. The number of anilines is 2. The normalized spacial score (nSPS) is 17.2. The Labute approximate surface area is 251 Å². The maximum absolute atomic E-state index is 12.1. The molecule has 0 aromatic heterocycles. The van der Waals surface area contributed by atoms with Crippen LogP contribution in [-0.2, 0) is 9.59 Å². The molecule has 0 saturated heterocycles. The molecule has 0 radical (unpaired) electrons. The Morgan fingerprint density at radius 3 is 1.90 bits per heavy atom. The predicted molar refractivity (Wildman–Crippen MR) is 165 cm³/mol. The van der Waals surface area contributed by atoms with Crippen LogP contribution in [0.4, 0.5) is 11.4 Å². The second kappa shape index (κ2) is 17.3. The number of terminal acetylenes is 1. The lowest BCUT2D eigenvalue weighted by Crippen LogP contribution is -2.31. The van der Waals surface area contributed by atoms with Crippen LogP contribution in [0.1, 0.15) is 45.1 Å². The van der Waals surface area contributed by atoms with Gasteiger partial charge in [-0.05, 0) is 49.2 Å². The highest BCUT2D eigenvalue weighted by atomic mass is 79.9. The summed E-state index contributed by atoms with van der Waals surface area (Å²) in [7, 11) is 3.54. The Hall–Kier alpha value is -3.50. The molecule has 0 spiro atoms. The number of carbonyl (C=O) groups excluding carboxylic acids is 2. The first-order chi connectivity index (χ1) is 19.6. The smallest absolute Gasteiger partial charge is 0.233 e. The van der Waals surface area contributed by atoms with Crippen molar-refractivity contribution < 1.29 is 29.3 Å². The summed E-state index contributed by atoms with van der Waals surface area (Å²) >= 11 is 3.38. The molecule has 2 aromatic carbocycles. The fourth-order valence-corrected chi connectivity index (χ4v) is 4.19. The van der Waals surface area contributed by atoms with Crippen molar-refractivity contribution in [3.8, 4) is 35.7 Å². The van der Waals surface area contributed by atoms with Crippen molar-refractivity contribution in [1.82, 2.24) is 0 Å². The third-order valence-electron chi connectivity index (χ3n) is 6.26. The third-order valence-corrected chi connectivity index (χ3v) is 6.75. The zero-order valence-electron chi connectivity index (χ0n) is 24.2. The molecular formula is C32H39BrN2O6. The summed E-state index contributed by atoms with van der Waals surface area (Å²) in [5, 5.41) is 16.8. The van der Waals surface area contributed by atoms with Crippen LogP contribution < -0.4 is 19.3 Å². The number of aliphatic hydroxyl groups excluding tert-OH is 2. The molecular weight excluding hydrogens is 588 g/mol. The van der Waals surface area contributed by atoms with Crippen molar-refractivity contribution >= 4 is 39.1 Å². The van der Waals surface area contributed by atoms with Gasteiger partial charge in [0, 0.05) is 50.2 Å². The van der Waals surface area contributed by atoms with Gasteiger partial charge in [-0.1, -0.05) is 41.6 Å². The molecule has 8 nitrogen and oxygen atoms in total. The van der Waals surface area contributed by atoms with E-state index < -0.39 is 0 Å². The van der Waals surface area contributed by atoms with E-state index in [2.05, 4.69) is 33.7 Å². The van der Waals surface area contributed by atoms with Crippen LogP contribution in [0.2, 0.25) is 0 Å². The predicted octanol–water partition coefficient (Wildman–Crippen LogP) is 4.63. The Morgan fingerprint density at radius 1 is 0.878 bits per heavy atom. The van der Waals surface area contributed by atoms with Gasteiger partial charge in [-0.15, -0.1) is 12.3 Å². The number of hydrogen-bond acceptors (Lipinski definition) is 6. The molecule has 2 atom stereocenters. The van der Waals surface area contributed by atoms with Gasteiger partial charge in [-0.3, -0.25) is 9.59 Å². The van der Waals surface area contributed by atoms with Crippen molar-refractivity contribution in [3.05, 3.63) is 46.4 Å². The standard InChI is InChI=1S/C16H19NO3.C11H12BrNO2.C5H8O/c1-12-11-20-15-8-7-13(6-4-3-5-9-18)10-14(15)17(2)16(12)19;1-7-6-15-10-4-3-8(12)5-9(10)13(2)11(7)14;1-2-3-4-5-6/h7-8,10,12,18H,3,5,9,11H2,1-2H3;3-5,7H,6H2,1-2H3;1,6H,3-5H2/t12-;7-;/m00./s1. The molecule has 2 aromatic rings. The number of carbonyl (C=O) groups is 2. The number of hydrogen-bond donors (Lipinski definition) is 2. The van der Waals surface area contributed by atoms with E-state index in [0.29, 0.717) is 38.2 Å². The highest BCUT2D eigenvalue weighted by Crippen LogP contribution is 2.34. The molecule has 2 aliphatic heterocycles. The molecule has 4 rings (SSSR count). The lowest BCUT2D eigenvalue weighted by molar-refractivity contribution is -0.122. The topological polar surface area (TPSA) is 99.5 Å². The number of aliphatic hydroxyl groups is 2. The highest BCUT2D eigenvalue weighted by Gasteiger charge is 2.27. The maximum atomic E-state index is 12.1. The van der Waals surface area contributed by atoms with Gasteiger partial charge in [0.15, 0.2) is 0 Å². The number of fused-ring (bicyclic) bond motifs is 2. The Bertz CT molecular complexity index is 1280. The van der Waals surface area contributed by atoms with Crippen molar-refractivity contribution in [3.63, 3.8) is 0 Å². The van der Waals surface area contributed by atoms with E-state index in [9.17, 15) is 9.59 Å². The van der Waals surface area contributed by atoms with Crippen LogP contribution in [0.3, 0.4) is 0 Å². The average molecular weight is 628 g/mol. The number of ether oxygens (including phenoxy) is 2. The summed E-state index contributed by atoms with van der Waals surface area (Å²) < 4.78 is 12.2. The van der Waals surface area contributed by atoms with E-state index in [4.69, 9.17) is 26.1 Å². The maximum Gasteiger partial charge on any atom is 0.233 e. The quantitative estimate of drug-likeness (QED) is 0.379. The average Bonchev–Trinajstić information content (AvgIpc) is 3.15. The van der Waals surface area contributed by atoms with E-state index >= 15 is 0 Å². The van der Waals surface area contributed by atoms with E-state index in [-0.39, 0.29) is 36.9 Å². The van der Waals surface area contributed by atoms with Gasteiger partial charge < -0.3 is 29.5 Å². The van der Waals surface area contributed by atoms with Crippen LogP contribution in [-0.4, -0.2) is 62.6 Å². The molecule has 2 amide bonds. The van der Waals surface area contributed by atoms with Gasteiger partial charge >= 0.3 is 0 Å². The molecule has 0 aliphatic carbocycles. The molecule has 2 aliphatic rings. The summed E-state index contributed by atoms with van der Waals surface area (Å²) in [5.74, 6) is 9.83. The first-order valence-electron chi connectivity index (χ1n) is 13.5. The SMILES string of the molecule is C#CCCCO.C[C@H]1COc2ccc(Br)cc2N(C)C1=O.C[C@H]1COc2ccc(C#CCCCO)cc2N(C)C1=O. The lowest BCUT2D eigenvalue weighted by atomic mass is 10.1. The number of amides is 2. The van der Waals surface area contributed by atoms with Gasteiger partial charge in [0.1, 0.15) is 11.5 Å². The highest BCUT2D eigenvalue weighted by molar-refractivity contribution is 9.10. The van der Waals surface area contributed by atoms with Crippen molar-refractivity contribution in [1.29, 1.82) is 0 Å². The van der Waals surface area contributed by atoms with Crippen LogP contribution >= 0.6 is 15.9 Å². The van der Waals surface area contributed by atoms with Crippen LogP contribution in [0.15, 0.2) is 40.9 Å². The Kier molecular flexibility index (Phi) is 14.3. The number of benzene rings is 2. The lowest BCUT2D eigenvalue weighted by Gasteiger charge is -2.17. The van der Waals surface area contributed by atoms with Crippen LogP contribution in [0, 0.1) is 36.0 Å². The zero-order valence-corrected chi connectivity index (χ0v) is 25.7. The molecule has 41 heavy (non-hydrogen) atoms. The monoisotopic (exact) mass is 626 g/mol. The fraction of sp³-hybridized carbons (Fsp3) is 0.438. The third kappa shape index (κ3) is 10.1. The molecule has 0 bridgehead atoms. The molecule has 220 valence electrons. The largest absolute Gasteiger partial charge is 0.491 e. The van der Waals surface area contributed by atoms with E-state index in [0.717, 1.165) is 33.6 Å². The summed E-state index contributed by atoms with van der Waals surface area (Å²) in [6, 6.07) is 11.3. The first kappa shape index (κ1) is 33.7. The van der Waals surface area contributed by atoms with Gasteiger partial charge in [0.25, 0.3) is 0 Å². The van der Waals surface area contributed by atoms with Gasteiger partial charge in [0.2, 0.25) is 11.8 Å². The van der Waals surface area contributed by atoms with Gasteiger partial charge in [-0.2, -0.15) is 0 Å². The molecule has 2 N–H and O–H groups in total. The van der Waals surface area contributed by atoms with Crippen molar-refractivity contribution in [2.75, 3.05) is 50.3 Å². The minimum absolute atomic E-state index is 0.0501.